The van der Waals surface area contributed by atoms with E-state index in [1.165, 1.54) is 57.8 Å². The molecule has 0 radical (unpaired) electrons. The fourth-order valence-electron chi connectivity index (χ4n) is 7.47. The van der Waals surface area contributed by atoms with Crippen molar-refractivity contribution in [2.75, 3.05) is 47.5 Å². The lowest BCUT2D eigenvalue weighted by Crippen LogP contribution is -2.40. The van der Waals surface area contributed by atoms with Crippen LogP contribution < -0.4 is 0 Å². The molecule has 2 unspecified atom stereocenters. The summed E-state index contributed by atoms with van der Waals surface area (Å²) < 4.78 is 22.8. The van der Waals surface area contributed by atoms with Crippen LogP contribution in [0.25, 0.3) is 0 Å². The second-order valence-corrected chi connectivity index (χ2v) is 20.2. The number of aliphatic carboxylic acids is 1. The molecular weight excluding hydrogens is 923 g/mol. The minimum atomic E-state index is -1.52. The molecule has 0 bridgehead atoms. The number of carbonyl (C=O) groups is 3. The van der Waals surface area contributed by atoms with Gasteiger partial charge in [-0.1, -0.05) is 212 Å². The largest absolute Gasteiger partial charge is 0.477 e. The van der Waals surface area contributed by atoms with Crippen LogP contribution in [-0.4, -0.2) is 87.4 Å². The Balaban J connectivity index is 4.17. The zero-order valence-electron chi connectivity index (χ0n) is 47.7. The summed E-state index contributed by atoms with van der Waals surface area (Å²) in [7, 11) is 5.95. The normalized spacial score (nSPS) is 13.7. The maximum absolute atomic E-state index is 12.9. The van der Waals surface area contributed by atoms with Gasteiger partial charge >= 0.3 is 17.9 Å². The molecule has 0 saturated carbocycles. The molecule has 0 spiro atoms. The van der Waals surface area contributed by atoms with Crippen molar-refractivity contribution in [1.82, 2.24) is 0 Å². The number of likely N-dealkylation sites (N-methyl/N-ethyl adjacent to an activating group) is 1. The molecular formula is C65H108NO8+. The van der Waals surface area contributed by atoms with E-state index in [0.717, 1.165) is 122 Å². The van der Waals surface area contributed by atoms with Crippen molar-refractivity contribution in [3.63, 3.8) is 0 Å². The molecule has 0 aliphatic rings. The summed E-state index contributed by atoms with van der Waals surface area (Å²) in [6.45, 7) is 4.70. The quantitative estimate of drug-likeness (QED) is 0.0211. The van der Waals surface area contributed by atoms with Crippen LogP contribution in [0.2, 0.25) is 0 Å². The van der Waals surface area contributed by atoms with Crippen molar-refractivity contribution in [2.24, 2.45) is 0 Å². The number of hydrogen-bond acceptors (Lipinski definition) is 7. The van der Waals surface area contributed by atoms with Gasteiger partial charge < -0.3 is 28.5 Å². The Hall–Kier alpha value is -4.31. The smallest absolute Gasteiger partial charge is 0.361 e. The van der Waals surface area contributed by atoms with Gasteiger partial charge in [-0.25, -0.2) is 4.79 Å². The summed E-state index contributed by atoms with van der Waals surface area (Å²) in [5.74, 6) is -2.04. The number of allylic oxidation sites excluding steroid dienone is 20. The molecule has 0 saturated heterocycles. The molecule has 9 nitrogen and oxygen atoms in total. The summed E-state index contributed by atoms with van der Waals surface area (Å²) in [5.41, 5.74) is 0. The first kappa shape index (κ1) is 69.7. The molecule has 0 aliphatic heterocycles. The third-order valence-electron chi connectivity index (χ3n) is 12.0. The summed E-state index contributed by atoms with van der Waals surface area (Å²) in [4.78, 5) is 37.3. The van der Waals surface area contributed by atoms with E-state index in [2.05, 4.69) is 135 Å². The van der Waals surface area contributed by atoms with E-state index in [0.29, 0.717) is 17.4 Å². The highest BCUT2D eigenvalue weighted by atomic mass is 16.7. The van der Waals surface area contributed by atoms with Gasteiger partial charge in [-0.2, -0.15) is 0 Å². The summed E-state index contributed by atoms with van der Waals surface area (Å²) in [5, 5.41) is 9.68. The molecule has 0 aromatic carbocycles. The number of nitrogens with zero attached hydrogens (tertiary/aromatic N) is 1. The molecule has 9 heteroatoms. The Bertz CT molecular complexity index is 1620. The van der Waals surface area contributed by atoms with Crippen LogP contribution in [0.1, 0.15) is 213 Å². The van der Waals surface area contributed by atoms with Crippen molar-refractivity contribution in [3.05, 3.63) is 122 Å². The molecule has 0 aromatic heterocycles. The van der Waals surface area contributed by atoms with Crippen LogP contribution in [0.15, 0.2) is 122 Å². The first-order chi connectivity index (χ1) is 36.1. The lowest BCUT2D eigenvalue weighted by Gasteiger charge is -2.25. The number of ether oxygens (including phenoxy) is 4. The molecule has 420 valence electrons. The Morgan fingerprint density at radius 3 is 1.16 bits per heavy atom. The van der Waals surface area contributed by atoms with Gasteiger partial charge in [0.05, 0.1) is 34.4 Å². The minimum Gasteiger partial charge on any atom is -0.477 e. The predicted molar refractivity (Wildman–Crippen MR) is 313 cm³/mol. The Morgan fingerprint density at radius 1 is 0.419 bits per heavy atom. The molecule has 1 N–H and O–H groups in total. The first-order valence-electron chi connectivity index (χ1n) is 29.2. The second-order valence-electron chi connectivity index (χ2n) is 20.2. The van der Waals surface area contributed by atoms with Crippen LogP contribution in [0.3, 0.4) is 0 Å². The zero-order chi connectivity index (χ0) is 54.1. The second kappa shape index (κ2) is 54.9. The van der Waals surface area contributed by atoms with Gasteiger partial charge in [-0.3, -0.25) is 9.59 Å². The van der Waals surface area contributed by atoms with Crippen LogP contribution in [0.4, 0.5) is 0 Å². The van der Waals surface area contributed by atoms with E-state index in [1.54, 1.807) is 0 Å². The highest BCUT2D eigenvalue weighted by Crippen LogP contribution is 2.14. The minimum absolute atomic E-state index is 0.180. The number of carboxylic acids is 1. The van der Waals surface area contributed by atoms with E-state index in [4.69, 9.17) is 18.9 Å². The molecule has 0 fully saturated rings. The third-order valence-corrected chi connectivity index (χ3v) is 12.0. The average Bonchev–Trinajstić information content (AvgIpc) is 3.37. The lowest BCUT2D eigenvalue weighted by molar-refractivity contribution is -0.870. The number of hydrogen-bond donors (Lipinski definition) is 1. The van der Waals surface area contributed by atoms with E-state index in [1.807, 2.05) is 21.1 Å². The lowest BCUT2D eigenvalue weighted by atomic mass is 10.1. The monoisotopic (exact) mass is 1030 g/mol. The van der Waals surface area contributed by atoms with Crippen molar-refractivity contribution in [2.45, 2.75) is 225 Å². The number of carboxylic acid groups (broad SMARTS) is 1. The van der Waals surface area contributed by atoms with Gasteiger partial charge in [0, 0.05) is 12.8 Å². The highest BCUT2D eigenvalue weighted by Gasteiger charge is 2.25. The number of unbranched alkanes of at least 4 members (excludes halogenated alkanes) is 17. The molecule has 0 amide bonds. The molecule has 0 heterocycles. The molecule has 0 rings (SSSR count). The van der Waals surface area contributed by atoms with Gasteiger partial charge in [0.1, 0.15) is 13.2 Å². The third kappa shape index (κ3) is 55.4. The van der Waals surface area contributed by atoms with Gasteiger partial charge in [-0.05, 0) is 109 Å². The number of esters is 2. The van der Waals surface area contributed by atoms with Crippen LogP contribution >= 0.6 is 0 Å². The maximum Gasteiger partial charge on any atom is 0.361 e. The van der Waals surface area contributed by atoms with Gasteiger partial charge in [0.15, 0.2) is 6.10 Å². The van der Waals surface area contributed by atoms with Crippen molar-refractivity contribution < 1.29 is 42.9 Å². The topological polar surface area (TPSA) is 108 Å². The van der Waals surface area contributed by atoms with Gasteiger partial charge in [-0.15, -0.1) is 0 Å². The van der Waals surface area contributed by atoms with Gasteiger partial charge in [0.2, 0.25) is 0 Å². The summed E-state index contributed by atoms with van der Waals surface area (Å²) in [6, 6.07) is 0. The number of quaternary nitrogens is 1. The zero-order valence-corrected chi connectivity index (χ0v) is 47.7. The fourth-order valence-corrected chi connectivity index (χ4v) is 7.47. The molecule has 0 aromatic rings. The Labute approximate surface area is 453 Å². The standard InChI is InChI=1S/C65H107NO8/c1-6-8-10-12-14-16-18-20-21-22-23-24-25-26-27-28-29-30-31-32-33-34-35-36-37-38-39-40-41-42-43-44-46-48-50-52-54-56-63(68)74-61(60-73-65(64(69)70)71-58-57-66(3,4)5)59-72-62(67)55-53-51-49-47-45-19-17-15-13-11-9-7-2/h8,10,14-17,20-21,23-24,26-27,29-30,32-33,35-36,38-39,61,65H,6-7,9,11-13,18-19,22,25,28,31,34,37,40-60H2,1-5H3/p+1/b10-8-,16-14-,17-15-,21-20-,24-23-,27-26-,30-29-,33-32-,36-35-,39-38-. The van der Waals surface area contributed by atoms with Crippen LogP contribution in [0.5, 0.6) is 0 Å². The van der Waals surface area contributed by atoms with Gasteiger partial charge in [0.25, 0.3) is 6.29 Å². The summed E-state index contributed by atoms with van der Waals surface area (Å²) >= 11 is 0. The Morgan fingerprint density at radius 2 is 0.770 bits per heavy atom. The molecule has 74 heavy (non-hydrogen) atoms. The molecule has 2 atom stereocenters. The van der Waals surface area contributed by atoms with Crippen LogP contribution in [0, 0.1) is 0 Å². The van der Waals surface area contributed by atoms with Crippen molar-refractivity contribution in [1.29, 1.82) is 0 Å². The van der Waals surface area contributed by atoms with E-state index < -0.39 is 24.3 Å². The van der Waals surface area contributed by atoms with Crippen molar-refractivity contribution >= 4 is 17.9 Å². The highest BCUT2D eigenvalue weighted by molar-refractivity contribution is 5.71. The predicted octanol–water partition coefficient (Wildman–Crippen LogP) is 17.3. The summed E-state index contributed by atoms with van der Waals surface area (Å²) in [6.07, 6.45) is 74.3. The maximum atomic E-state index is 12.9. The van der Waals surface area contributed by atoms with E-state index in [9.17, 15) is 19.5 Å². The van der Waals surface area contributed by atoms with Crippen molar-refractivity contribution in [3.8, 4) is 0 Å². The average molecular weight is 1030 g/mol. The first-order valence-corrected chi connectivity index (χ1v) is 29.2. The Kier molecular flexibility index (Phi) is 51.7. The van der Waals surface area contributed by atoms with E-state index >= 15 is 0 Å². The van der Waals surface area contributed by atoms with Crippen LogP contribution in [-0.2, 0) is 33.3 Å². The SMILES string of the molecule is CC/C=C\C/C=C\C/C=C\C/C=C\C/C=C\C/C=C\C/C=C\C/C=C\C/C=C\CCCCCCCCCCCC(=O)OC(COC(=O)CCCCCCC/C=C\CCCCC)COC(OCC[N+](C)(C)C)C(=O)O. The van der Waals surface area contributed by atoms with E-state index in [-0.39, 0.29) is 38.6 Å². The molecule has 0 aliphatic carbocycles. The number of rotatable bonds is 52. The fraction of sp³-hybridized carbons (Fsp3) is 0.646. The number of carbonyl (C=O) groups excluding carboxylic acids is 2.